The highest BCUT2D eigenvalue weighted by Gasteiger charge is 2.71. The summed E-state index contributed by atoms with van der Waals surface area (Å²) in [6.07, 6.45) is -10.4. The predicted molar refractivity (Wildman–Crippen MR) is 149 cm³/mol. The molecule has 14 heteroatoms. The number of benzene rings is 2. The van der Waals surface area contributed by atoms with Crippen molar-refractivity contribution in [2.45, 2.75) is 76.7 Å². The summed E-state index contributed by atoms with van der Waals surface area (Å²) in [6.45, 7) is 6.73. The molecule has 1 atom stereocenters. The van der Waals surface area contributed by atoms with Gasteiger partial charge in [0.2, 0.25) is 0 Å². The van der Waals surface area contributed by atoms with E-state index < -0.39 is 41.0 Å². The number of pyridine rings is 1. The zero-order chi connectivity index (χ0) is 33.4. The van der Waals surface area contributed by atoms with E-state index in [9.17, 15) is 41.0 Å². The molecule has 0 bridgehead atoms. The average Bonchev–Trinajstić information content (AvgIpc) is 3.16. The molecular formula is C31H31F6N3O5. The molecule has 1 aliphatic heterocycles. The minimum Gasteiger partial charge on any atom is -0.491 e. The number of hydrogen-bond donors (Lipinski definition) is 2. The third kappa shape index (κ3) is 6.56. The molecule has 2 N–H and O–H groups in total. The number of imide groups is 1. The summed E-state index contributed by atoms with van der Waals surface area (Å²) in [5.74, 6) is 0.111. The van der Waals surface area contributed by atoms with Crippen molar-refractivity contribution in [3.8, 4) is 17.2 Å². The van der Waals surface area contributed by atoms with Crippen LogP contribution in [0.15, 0.2) is 60.8 Å². The molecule has 3 amide bonds. The van der Waals surface area contributed by atoms with Gasteiger partial charge >= 0.3 is 18.4 Å². The van der Waals surface area contributed by atoms with Crippen molar-refractivity contribution in [2.24, 2.45) is 0 Å². The Hall–Kier alpha value is -4.33. The lowest BCUT2D eigenvalue weighted by molar-refractivity contribution is -0.376. The van der Waals surface area contributed by atoms with Gasteiger partial charge in [0.25, 0.3) is 11.5 Å². The standard InChI is InChI=1S/C31H31F6N3O5/c1-5-6-19-15-21(29(43,30(32,33)34)31(35,36)37)9-12-25(19)45-24-13-14-38-22(16-24)17-40-26(41)28(4,39-27(40)42)20-7-10-23(11-8-20)44-18(2)3/h7-16,18,43H,5-6,17H2,1-4H3,(H,39,42). The average molecular weight is 640 g/mol. The Balaban J connectivity index is 1.56. The Morgan fingerprint density at radius 1 is 0.956 bits per heavy atom. The van der Waals surface area contributed by atoms with Crippen LogP contribution in [-0.4, -0.2) is 45.4 Å². The van der Waals surface area contributed by atoms with Crippen molar-refractivity contribution in [1.82, 2.24) is 15.2 Å². The molecule has 1 fully saturated rings. The summed E-state index contributed by atoms with van der Waals surface area (Å²) in [7, 11) is 0. The molecule has 1 aromatic heterocycles. The zero-order valence-corrected chi connectivity index (χ0v) is 24.7. The number of rotatable bonds is 10. The third-order valence-electron chi connectivity index (χ3n) is 7.23. The maximum absolute atomic E-state index is 13.4. The van der Waals surface area contributed by atoms with Gasteiger partial charge in [0.05, 0.1) is 18.3 Å². The molecule has 2 aromatic carbocycles. The monoisotopic (exact) mass is 639 g/mol. The molecule has 1 saturated heterocycles. The van der Waals surface area contributed by atoms with E-state index in [1.165, 1.54) is 18.3 Å². The number of nitrogens with one attached hydrogen (secondary N) is 1. The lowest BCUT2D eigenvalue weighted by Crippen LogP contribution is -2.53. The summed E-state index contributed by atoms with van der Waals surface area (Å²) < 4.78 is 92.1. The van der Waals surface area contributed by atoms with Gasteiger partial charge in [0.1, 0.15) is 22.8 Å². The number of hydrogen-bond acceptors (Lipinski definition) is 6. The molecular weight excluding hydrogens is 608 g/mol. The smallest absolute Gasteiger partial charge is 0.430 e. The normalized spacial score (nSPS) is 17.6. The summed E-state index contributed by atoms with van der Waals surface area (Å²) in [6, 6.07) is 10.9. The van der Waals surface area contributed by atoms with Crippen LogP contribution in [0, 0.1) is 0 Å². The van der Waals surface area contributed by atoms with E-state index in [-0.39, 0.29) is 41.8 Å². The number of carbonyl (C=O) groups is 2. The SMILES string of the molecule is CCCc1cc(C(O)(C(F)(F)F)C(F)(F)F)ccc1Oc1ccnc(CN2C(=O)NC(C)(c3ccc(OC(C)C)cc3)C2=O)c1. The quantitative estimate of drug-likeness (QED) is 0.185. The summed E-state index contributed by atoms with van der Waals surface area (Å²) in [5, 5.41) is 12.5. The highest BCUT2D eigenvalue weighted by atomic mass is 19.4. The Labute approximate surface area is 255 Å². The highest BCUT2D eigenvalue weighted by Crippen LogP contribution is 2.50. The Bertz CT molecular complexity index is 1540. The van der Waals surface area contributed by atoms with E-state index in [1.54, 1.807) is 38.1 Å². The van der Waals surface area contributed by atoms with Crippen LogP contribution >= 0.6 is 0 Å². The minimum atomic E-state index is -6.03. The molecule has 1 unspecified atom stereocenters. The van der Waals surface area contributed by atoms with Crippen LogP contribution in [0.2, 0.25) is 0 Å². The number of ether oxygens (including phenoxy) is 2. The van der Waals surface area contributed by atoms with E-state index in [4.69, 9.17) is 9.47 Å². The fourth-order valence-corrected chi connectivity index (χ4v) is 4.93. The number of alkyl halides is 6. The second-order valence-corrected chi connectivity index (χ2v) is 11.0. The summed E-state index contributed by atoms with van der Waals surface area (Å²) in [4.78, 5) is 31.4. The second kappa shape index (κ2) is 12.2. The number of aromatic nitrogens is 1. The second-order valence-electron chi connectivity index (χ2n) is 11.0. The van der Waals surface area contributed by atoms with Crippen molar-refractivity contribution in [2.75, 3.05) is 0 Å². The first kappa shape index (κ1) is 33.6. The lowest BCUT2D eigenvalue weighted by Gasteiger charge is -2.33. The van der Waals surface area contributed by atoms with E-state index in [0.717, 1.165) is 11.0 Å². The molecule has 0 spiro atoms. The molecule has 2 heterocycles. The molecule has 4 rings (SSSR count). The first-order valence-electron chi connectivity index (χ1n) is 13.9. The molecule has 0 radical (unpaired) electrons. The molecule has 242 valence electrons. The minimum absolute atomic E-state index is 0.00466. The zero-order valence-electron chi connectivity index (χ0n) is 24.7. The van der Waals surface area contributed by atoms with Gasteiger partial charge in [-0.15, -0.1) is 0 Å². The van der Waals surface area contributed by atoms with Crippen LogP contribution in [0.3, 0.4) is 0 Å². The number of urea groups is 1. The Morgan fingerprint density at radius 2 is 1.60 bits per heavy atom. The number of aliphatic hydroxyl groups is 1. The largest absolute Gasteiger partial charge is 0.491 e. The summed E-state index contributed by atoms with van der Waals surface area (Å²) >= 11 is 0. The Morgan fingerprint density at radius 3 is 2.18 bits per heavy atom. The predicted octanol–water partition coefficient (Wildman–Crippen LogP) is 6.89. The van der Waals surface area contributed by atoms with Crippen LogP contribution in [0.1, 0.15) is 56.5 Å². The van der Waals surface area contributed by atoms with E-state index >= 15 is 0 Å². The highest BCUT2D eigenvalue weighted by molar-refractivity contribution is 6.07. The van der Waals surface area contributed by atoms with Gasteiger partial charge in [-0.1, -0.05) is 31.5 Å². The Kier molecular flexibility index (Phi) is 9.11. The number of nitrogens with zero attached hydrogens (tertiary/aromatic N) is 2. The van der Waals surface area contributed by atoms with Crippen molar-refractivity contribution in [3.63, 3.8) is 0 Å². The lowest BCUT2D eigenvalue weighted by atomic mass is 9.90. The van der Waals surface area contributed by atoms with Gasteiger partial charge in [-0.3, -0.25) is 14.7 Å². The fraction of sp³-hybridized carbons (Fsp3) is 0.387. The number of halogens is 6. The van der Waals surface area contributed by atoms with Crippen molar-refractivity contribution < 1.29 is 50.5 Å². The fourth-order valence-electron chi connectivity index (χ4n) is 4.93. The van der Waals surface area contributed by atoms with Crippen LogP contribution in [-0.2, 0) is 28.9 Å². The van der Waals surface area contributed by atoms with Gasteiger partial charge in [0, 0.05) is 17.8 Å². The number of carbonyl (C=O) groups excluding carboxylic acids is 2. The van der Waals surface area contributed by atoms with E-state index in [0.29, 0.717) is 29.9 Å². The maximum atomic E-state index is 13.4. The van der Waals surface area contributed by atoms with Crippen molar-refractivity contribution in [1.29, 1.82) is 0 Å². The van der Waals surface area contributed by atoms with Crippen LogP contribution in [0.25, 0.3) is 0 Å². The maximum Gasteiger partial charge on any atom is 0.430 e. The molecule has 1 aliphatic rings. The first-order chi connectivity index (χ1) is 20.9. The molecule has 8 nitrogen and oxygen atoms in total. The molecule has 3 aromatic rings. The van der Waals surface area contributed by atoms with Crippen LogP contribution in [0.4, 0.5) is 31.1 Å². The van der Waals surface area contributed by atoms with Gasteiger partial charge < -0.3 is 19.9 Å². The molecule has 0 aliphatic carbocycles. The molecule has 45 heavy (non-hydrogen) atoms. The number of amides is 3. The summed E-state index contributed by atoms with van der Waals surface area (Å²) in [5.41, 5.74) is -7.09. The first-order valence-corrected chi connectivity index (χ1v) is 13.9. The van der Waals surface area contributed by atoms with E-state index in [2.05, 4.69) is 10.3 Å². The van der Waals surface area contributed by atoms with Gasteiger partial charge in [-0.2, -0.15) is 26.3 Å². The van der Waals surface area contributed by atoms with E-state index in [1.807, 2.05) is 13.8 Å². The van der Waals surface area contributed by atoms with Crippen molar-refractivity contribution in [3.05, 3.63) is 83.2 Å². The number of aryl methyl sites for hydroxylation is 1. The van der Waals surface area contributed by atoms with Gasteiger partial charge in [-0.05, 0) is 68.7 Å². The van der Waals surface area contributed by atoms with Crippen molar-refractivity contribution >= 4 is 11.9 Å². The van der Waals surface area contributed by atoms with Crippen LogP contribution < -0.4 is 14.8 Å². The van der Waals surface area contributed by atoms with Crippen LogP contribution in [0.5, 0.6) is 17.2 Å². The van der Waals surface area contributed by atoms with Gasteiger partial charge in [-0.25, -0.2) is 4.79 Å². The van der Waals surface area contributed by atoms with Gasteiger partial charge in [0.15, 0.2) is 0 Å². The molecule has 0 saturated carbocycles. The topological polar surface area (TPSA) is 101 Å². The third-order valence-corrected chi connectivity index (χ3v) is 7.23.